The van der Waals surface area contributed by atoms with Gasteiger partial charge >= 0.3 is 0 Å². The maximum Gasteiger partial charge on any atom is 0.245 e. The number of piperazine rings is 1. The number of rotatable bonds is 3. The summed E-state index contributed by atoms with van der Waals surface area (Å²) in [6, 6.07) is 13.4. The molecule has 1 saturated heterocycles. The zero-order valence-electron chi connectivity index (χ0n) is 14.6. The number of anilines is 1. The van der Waals surface area contributed by atoms with E-state index >= 15 is 0 Å². The summed E-state index contributed by atoms with van der Waals surface area (Å²) >= 11 is 0. The first-order chi connectivity index (χ1) is 11.8. The van der Waals surface area contributed by atoms with Crippen LogP contribution in [0.1, 0.15) is 18.1 Å². The van der Waals surface area contributed by atoms with E-state index in [0.717, 1.165) is 16.8 Å². The number of benzene rings is 2. The minimum absolute atomic E-state index is 0.195. The standard InChI is InChI=1S/C19H22N2O3S/c1-14-8-7-11-18(15(14)2)20-12-13-21(16(3)19(20)22)25(23,24)17-9-5-4-6-10-17/h4-11,16H,12-13H2,1-3H3/t16-/m0/s1. The second-order valence-electron chi connectivity index (χ2n) is 6.31. The lowest BCUT2D eigenvalue weighted by Gasteiger charge is -2.38. The lowest BCUT2D eigenvalue weighted by molar-refractivity contribution is -0.123. The molecule has 6 heteroatoms. The van der Waals surface area contributed by atoms with Crippen molar-refractivity contribution in [1.29, 1.82) is 0 Å². The van der Waals surface area contributed by atoms with Gasteiger partial charge in [0.25, 0.3) is 0 Å². The second kappa shape index (κ2) is 6.61. The van der Waals surface area contributed by atoms with Crippen LogP contribution in [0.25, 0.3) is 0 Å². The molecule has 25 heavy (non-hydrogen) atoms. The number of amides is 1. The molecule has 0 radical (unpaired) electrons. The van der Waals surface area contributed by atoms with Crippen molar-refractivity contribution >= 4 is 21.6 Å². The van der Waals surface area contributed by atoms with Crippen LogP contribution in [0.3, 0.4) is 0 Å². The molecule has 0 N–H and O–H groups in total. The van der Waals surface area contributed by atoms with Crippen LogP contribution in [-0.2, 0) is 14.8 Å². The van der Waals surface area contributed by atoms with Gasteiger partial charge in [-0.2, -0.15) is 4.31 Å². The lowest BCUT2D eigenvalue weighted by Crippen LogP contribution is -2.57. The number of hydrogen-bond donors (Lipinski definition) is 0. The van der Waals surface area contributed by atoms with Gasteiger partial charge in [0.05, 0.1) is 4.90 Å². The van der Waals surface area contributed by atoms with Crippen LogP contribution in [0.5, 0.6) is 0 Å². The van der Waals surface area contributed by atoms with Crippen molar-refractivity contribution in [2.24, 2.45) is 0 Å². The summed E-state index contributed by atoms with van der Waals surface area (Å²) in [6.07, 6.45) is 0. The van der Waals surface area contributed by atoms with E-state index in [9.17, 15) is 13.2 Å². The van der Waals surface area contributed by atoms with E-state index in [1.54, 1.807) is 42.2 Å². The van der Waals surface area contributed by atoms with E-state index < -0.39 is 16.1 Å². The van der Waals surface area contributed by atoms with Crippen LogP contribution < -0.4 is 4.90 Å². The third kappa shape index (κ3) is 3.07. The Morgan fingerprint density at radius 2 is 1.64 bits per heavy atom. The molecule has 2 aromatic rings. The van der Waals surface area contributed by atoms with Gasteiger partial charge in [-0.25, -0.2) is 8.42 Å². The van der Waals surface area contributed by atoms with E-state index in [1.807, 2.05) is 32.0 Å². The molecule has 1 fully saturated rings. The van der Waals surface area contributed by atoms with Crippen LogP contribution in [0.15, 0.2) is 53.4 Å². The largest absolute Gasteiger partial charge is 0.309 e. The molecular weight excluding hydrogens is 336 g/mol. The van der Waals surface area contributed by atoms with Gasteiger partial charge in [-0.15, -0.1) is 0 Å². The molecule has 5 nitrogen and oxygen atoms in total. The van der Waals surface area contributed by atoms with Crippen molar-refractivity contribution < 1.29 is 13.2 Å². The number of sulfonamides is 1. The van der Waals surface area contributed by atoms with Gasteiger partial charge < -0.3 is 4.90 Å². The Morgan fingerprint density at radius 1 is 0.960 bits per heavy atom. The SMILES string of the molecule is Cc1cccc(N2CCN(S(=O)(=O)c3ccccc3)[C@@H](C)C2=O)c1C. The minimum Gasteiger partial charge on any atom is -0.309 e. The maximum atomic E-state index is 12.9. The van der Waals surface area contributed by atoms with Crippen LogP contribution in [-0.4, -0.2) is 37.8 Å². The lowest BCUT2D eigenvalue weighted by atomic mass is 10.1. The molecule has 0 aromatic heterocycles. The number of aryl methyl sites for hydroxylation is 1. The van der Waals surface area contributed by atoms with E-state index in [1.165, 1.54) is 4.31 Å². The molecule has 132 valence electrons. The smallest absolute Gasteiger partial charge is 0.245 e. The van der Waals surface area contributed by atoms with Crippen molar-refractivity contribution in [3.05, 3.63) is 59.7 Å². The molecule has 1 aliphatic heterocycles. The highest BCUT2D eigenvalue weighted by molar-refractivity contribution is 7.89. The summed E-state index contributed by atoms with van der Waals surface area (Å²) in [5, 5.41) is 0. The predicted octanol–water partition coefficient (Wildman–Crippen LogP) is 2.73. The molecular formula is C19H22N2O3S. The molecule has 0 aliphatic carbocycles. The molecule has 0 unspecified atom stereocenters. The highest BCUT2D eigenvalue weighted by Gasteiger charge is 2.39. The Morgan fingerprint density at radius 3 is 2.32 bits per heavy atom. The summed E-state index contributed by atoms with van der Waals surface area (Å²) in [6.45, 7) is 6.26. The summed E-state index contributed by atoms with van der Waals surface area (Å²) < 4.78 is 27.0. The van der Waals surface area contributed by atoms with Gasteiger partial charge in [-0.3, -0.25) is 4.79 Å². The van der Waals surface area contributed by atoms with Crippen LogP contribution in [0.4, 0.5) is 5.69 Å². The first-order valence-corrected chi connectivity index (χ1v) is 9.72. The van der Waals surface area contributed by atoms with Gasteiger partial charge in [-0.1, -0.05) is 30.3 Å². The van der Waals surface area contributed by atoms with Gasteiger partial charge in [0.1, 0.15) is 6.04 Å². The molecule has 1 amide bonds. The molecule has 0 saturated carbocycles. The molecule has 3 rings (SSSR count). The van der Waals surface area contributed by atoms with E-state index in [2.05, 4.69) is 0 Å². The fourth-order valence-electron chi connectivity index (χ4n) is 3.17. The first-order valence-electron chi connectivity index (χ1n) is 8.28. The molecule has 0 bridgehead atoms. The maximum absolute atomic E-state index is 12.9. The minimum atomic E-state index is -3.68. The van der Waals surface area contributed by atoms with E-state index in [-0.39, 0.29) is 17.3 Å². The zero-order chi connectivity index (χ0) is 18.2. The quantitative estimate of drug-likeness (QED) is 0.848. The Hall–Kier alpha value is -2.18. The predicted molar refractivity (Wildman–Crippen MR) is 98.1 cm³/mol. The van der Waals surface area contributed by atoms with Crippen molar-refractivity contribution in [3.63, 3.8) is 0 Å². The molecule has 1 atom stereocenters. The van der Waals surface area contributed by atoms with Crippen LogP contribution >= 0.6 is 0 Å². The number of hydrogen-bond acceptors (Lipinski definition) is 3. The summed E-state index contributed by atoms with van der Waals surface area (Å²) in [5.74, 6) is -0.195. The summed E-state index contributed by atoms with van der Waals surface area (Å²) in [5.41, 5.74) is 3.01. The number of carbonyl (C=O) groups excluding carboxylic acids is 1. The van der Waals surface area contributed by atoms with E-state index in [0.29, 0.717) is 6.54 Å². The summed E-state index contributed by atoms with van der Waals surface area (Å²) in [4.78, 5) is 14.8. The Bertz CT molecular complexity index is 894. The summed E-state index contributed by atoms with van der Waals surface area (Å²) in [7, 11) is -3.68. The molecule has 1 heterocycles. The fraction of sp³-hybridized carbons (Fsp3) is 0.316. The molecule has 2 aromatic carbocycles. The van der Waals surface area contributed by atoms with Gasteiger partial charge in [0.2, 0.25) is 15.9 Å². The van der Waals surface area contributed by atoms with Gasteiger partial charge in [0, 0.05) is 18.8 Å². The molecule has 0 spiro atoms. The number of carbonyl (C=O) groups is 1. The highest BCUT2D eigenvalue weighted by Crippen LogP contribution is 2.28. The second-order valence-corrected chi connectivity index (χ2v) is 8.20. The third-order valence-electron chi connectivity index (χ3n) is 4.82. The van der Waals surface area contributed by atoms with E-state index in [4.69, 9.17) is 0 Å². The first kappa shape index (κ1) is 17.6. The van der Waals surface area contributed by atoms with Crippen LogP contribution in [0.2, 0.25) is 0 Å². The fourth-order valence-corrected chi connectivity index (χ4v) is 4.77. The zero-order valence-corrected chi connectivity index (χ0v) is 15.5. The van der Waals surface area contributed by atoms with Crippen molar-refractivity contribution in [3.8, 4) is 0 Å². The van der Waals surface area contributed by atoms with Gasteiger partial charge in [0.15, 0.2) is 0 Å². The topological polar surface area (TPSA) is 57.7 Å². The van der Waals surface area contributed by atoms with Crippen LogP contribution in [0, 0.1) is 13.8 Å². The van der Waals surface area contributed by atoms with Gasteiger partial charge in [-0.05, 0) is 50.1 Å². The Balaban J connectivity index is 1.91. The normalized spacial score (nSPS) is 19.2. The average molecular weight is 358 g/mol. The number of nitrogens with zero attached hydrogens (tertiary/aromatic N) is 2. The Kier molecular flexibility index (Phi) is 4.67. The van der Waals surface area contributed by atoms with Crippen molar-refractivity contribution in [2.45, 2.75) is 31.7 Å². The van der Waals surface area contributed by atoms with Crippen molar-refractivity contribution in [2.75, 3.05) is 18.0 Å². The third-order valence-corrected chi connectivity index (χ3v) is 6.80. The average Bonchev–Trinajstić information content (AvgIpc) is 2.60. The van der Waals surface area contributed by atoms with Crippen molar-refractivity contribution in [1.82, 2.24) is 4.31 Å². The molecule has 1 aliphatic rings. The monoisotopic (exact) mass is 358 g/mol. The highest BCUT2D eigenvalue weighted by atomic mass is 32.2. The Labute approximate surface area is 148 Å².